The molecule has 1 aromatic carbocycles. The minimum atomic E-state index is -0.717. The molecule has 0 unspecified atom stereocenters. The Hall–Kier alpha value is -2.23. The molecule has 2 rings (SSSR count). The highest BCUT2D eigenvalue weighted by atomic mass is 35.5. The number of nitrogens with zero attached hydrogens (tertiary/aromatic N) is 1. The van der Waals surface area contributed by atoms with E-state index in [1.807, 2.05) is 6.07 Å². The molecule has 1 atom stereocenters. The molecule has 128 valence electrons. The van der Waals surface area contributed by atoms with Crippen molar-refractivity contribution in [3.8, 4) is 17.6 Å². The maximum Gasteiger partial charge on any atom is 0.349 e. The summed E-state index contributed by atoms with van der Waals surface area (Å²) < 4.78 is 21.2. The van der Waals surface area contributed by atoms with Crippen LogP contribution in [0.2, 0.25) is 5.02 Å². The first-order chi connectivity index (χ1) is 11.5. The molecule has 1 aliphatic heterocycles. The van der Waals surface area contributed by atoms with E-state index in [1.54, 1.807) is 19.1 Å². The number of hydrogen-bond acceptors (Lipinski definition) is 6. The van der Waals surface area contributed by atoms with Crippen LogP contribution in [0.15, 0.2) is 17.7 Å². The molecule has 1 aliphatic rings. The number of hydrogen-bond donors (Lipinski definition) is 0. The highest BCUT2D eigenvalue weighted by Crippen LogP contribution is 2.38. The molecule has 0 N–H and O–H groups in total. The van der Waals surface area contributed by atoms with Crippen LogP contribution in [0.3, 0.4) is 0 Å². The van der Waals surface area contributed by atoms with Gasteiger partial charge in [0.15, 0.2) is 11.5 Å². The van der Waals surface area contributed by atoms with E-state index in [1.165, 1.54) is 13.2 Å². The second-order valence-corrected chi connectivity index (χ2v) is 5.63. The molecule has 24 heavy (non-hydrogen) atoms. The van der Waals surface area contributed by atoms with E-state index in [4.69, 9.17) is 30.5 Å². The zero-order valence-electron chi connectivity index (χ0n) is 13.5. The van der Waals surface area contributed by atoms with Gasteiger partial charge in [-0.25, -0.2) is 4.79 Å². The van der Waals surface area contributed by atoms with E-state index in [9.17, 15) is 10.1 Å². The average Bonchev–Trinajstić information content (AvgIpc) is 2.78. The number of benzene rings is 1. The van der Waals surface area contributed by atoms with Crippen molar-refractivity contribution < 1.29 is 23.7 Å². The quantitative estimate of drug-likeness (QED) is 0.461. The average molecular weight is 352 g/mol. The molecule has 0 fully saturated rings. The summed E-state index contributed by atoms with van der Waals surface area (Å²) in [5.74, 6) is 0.246. The third-order valence-electron chi connectivity index (χ3n) is 3.19. The van der Waals surface area contributed by atoms with Crippen molar-refractivity contribution in [3.05, 3.63) is 28.3 Å². The van der Waals surface area contributed by atoms with Gasteiger partial charge < -0.3 is 18.9 Å². The minimum Gasteiger partial charge on any atom is -0.489 e. The lowest BCUT2D eigenvalue weighted by Crippen LogP contribution is -2.20. The zero-order chi connectivity index (χ0) is 17.5. The number of carbonyl (C=O) groups is 1. The zero-order valence-corrected chi connectivity index (χ0v) is 14.3. The van der Waals surface area contributed by atoms with Crippen molar-refractivity contribution in [1.82, 2.24) is 0 Å². The van der Waals surface area contributed by atoms with Crippen LogP contribution >= 0.6 is 11.6 Å². The van der Waals surface area contributed by atoms with Crippen LogP contribution < -0.4 is 9.47 Å². The lowest BCUT2D eigenvalue weighted by atomic mass is 10.1. The SMILES string of the molecule is COC[C@@H](C)OC(=O)/C(C#N)=C/c1cc(Cl)c2c(c1)OCCCO2. The smallest absolute Gasteiger partial charge is 0.349 e. The molecule has 0 radical (unpaired) electrons. The van der Waals surface area contributed by atoms with Gasteiger partial charge in [0.25, 0.3) is 0 Å². The van der Waals surface area contributed by atoms with E-state index in [2.05, 4.69) is 0 Å². The largest absolute Gasteiger partial charge is 0.489 e. The minimum absolute atomic E-state index is 0.136. The highest BCUT2D eigenvalue weighted by Gasteiger charge is 2.18. The van der Waals surface area contributed by atoms with Gasteiger partial charge in [0.05, 0.1) is 24.8 Å². The normalized spacial score (nSPS) is 15.2. The first-order valence-corrected chi connectivity index (χ1v) is 7.83. The van der Waals surface area contributed by atoms with Gasteiger partial charge in [-0.2, -0.15) is 5.26 Å². The van der Waals surface area contributed by atoms with E-state index in [0.717, 1.165) is 6.42 Å². The van der Waals surface area contributed by atoms with Gasteiger partial charge >= 0.3 is 5.97 Å². The van der Waals surface area contributed by atoms with E-state index >= 15 is 0 Å². The Morgan fingerprint density at radius 2 is 2.21 bits per heavy atom. The van der Waals surface area contributed by atoms with Crippen LogP contribution in [0.25, 0.3) is 6.08 Å². The van der Waals surface area contributed by atoms with Crippen LogP contribution in [-0.2, 0) is 14.3 Å². The first kappa shape index (κ1) is 18.1. The predicted octanol–water partition coefficient (Wildman–Crippen LogP) is 2.99. The fraction of sp³-hybridized carbons (Fsp3) is 0.412. The van der Waals surface area contributed by atoms with Gasteiger partial charge in [-0.3, -0.25) is 0 Å². The Balaban J connectivity index is 2.25. The Labute approximate surface area is 145 Å². The topological polar surface area (TPSA) is 77.8 Å². The number of rotatable bonds is 5. The Morgan fingerprint density at radius 3 is 2.92 bits per heavy atom. The number of halogens is 1. The summed E-state index contributed by atoms with van der Waals surface area (Å²) in [5.41, 5.74) is 0.417. The molecule has 7 heteroatoms. The summed E-state index contributed by atoms with van der Waals surface area (Å²) in [6.07, 6.45) is 1.71. The molecule has 0 aromatic heterocycles. The fourth-order valence-electron chi connectivity index (χ4n) is 2.15. The summed E-state index contributed by atoms with van der Waals surface area (Å²) in [7, 11) is 1.51. The number of fused-ring (bicyclic) bond motifs is 1. The number of nitriles is 1. The molecule has 0 bridgehead atoms. The summed E-state index contributed by atoms with van der Waals surface area (Å²) in [5, 5.41) is 9.57. The van der Waals surface area contributed by atoms with E-state index < -0.39 is 12.1 Å². The number of methoxy groups -OCH3 is 1. The van der Waals surface area contributed by atoms with Crippen molar-refractivity contribution in [2.75, 3.05) is 26.9 Å². The van der Waals surface area contributed by atoms with Gasteiger partial charge in [0.2, 0.25) is 0 Å². The molecule has 1 aromatic rings. The number of esters is 1. The van der Waals surface area contributed by atoms with Crippen LogP contribution in [0.4, 0.5) is 0 Å². The van der Waals surface area contributed by atoms with Crippen molar-refractivity contribution in [2.45, 2.75) is 19.4 Å². The molecule has 0 saturated carbocycles. The molecule has 1 heterocycles. The van der Waals surface area contributed by atoms with Gasteiger partial charge in [-0.15, -0.1) is 0 Å². The van der Waals surface area contributed by atoms with E-state index in [-0.39, 0.29) is 12.2 Å². The van der Waals surface area contributed by atoms with Gasteiger partial charge in [-0.05, 0) is 30.7 Å². The number of carbonyl (C=O) groups excluding carboxylic acids is 1. The Bertz CT molecular complexity index is 680. The monoisotopic (exact) mass is 351 g/mol. The highest BCUT2D eigenvalue weighted by molar-refractivity contribution is 6.32. The van der Waals surface area contributed by atoms with Crippen LogP contribution in [0, 0.1) is 11.3 Å². The second-order valence-electron chi connectivity index (χ2n) is 5.22. The predicted molar refractivity (Wildman–Crippen MR) is 88.1 cm³/mol. The fourth-order valence-corrected chi connectivity index (χ4v) is 2.43. The third kappa shape index (κ3) is 4.63. The van der Waals surface area contributed by atoms with Gasteiger partial charge in [-0.1, -0.05) is 11.6 Å². The Kier molecular flexibility index (Phi) is 6.47. The van der Waals surface area contributed by atoms with Gasteiger partial charge in [0.1, 0.15) is 17.7 Å². The summed E-state index contributed by atoms with van der Waals surface area (Å²) in [6.45, 7) is 2.97. The van der Waals surface area contributed by atoms with Crippen LogP contribution in [0.5, 0.6) is 11.5 Å². The Morgan fingerprint density at radius 1 is 1.46 bits per heavy atom. The van der Waals surface area contributed by atoms with Crippen molar-refractivity contribution >= 4 is 23.6 Å². The maximum absolute atomic E-state index is 12.0. The summed E-state index contributed by atoms with van der Waals surface area (Å²) in [6, 6.07) is 5.13. The van der Waals surface area contributed by atoms with Crippen molar-refractivity contribution in [3.63, 3.8) is 0 Å². The lowest BCUT2D eigenvalue weighted by Gasteiger charge is -2.12. The van der Waals surface area contributed by atoms with Gasteiger partial charge in [0, 0.05) is 13.5 Å². The standard InChI is InChI=1S/C17H18ClNO5/c1-11(10-21-2)24-17(20)13(9-19)6-12-7-14(18)16-15(8-12)22-4-3-5-23-16/h6-8,11H,3-5,10H2,1-2H3/b13-6+/t11-/m1/s1. The van der Waals surface area contributed by atoms with Crippen LogP contribution in [0.1, 0.15) is 18.9 Å². The lowest BCUT2D eigenvalue weighted by molar-refractivity contribution is -0.145. The second kappa shape index (κ2) is 8.57. The summed E-state index contributed by atoms with van der Waals surface area (Å²) >= 11 is 6.20. The van der Waals surface area contributed by atoms with Crippen molar-refractivity contribution in [2.24, 2.45) is 0 Å². The summed E-state index contributed by atoms with van der Waals surface area (Å²) in [4.78, 5) is 12.0. The molecular formula is C17H18ClNO5. The van der Waals surface area contributed by atoms with E-state index in [0.29, 0.717) is 35.3 Å². The first-order valence-electron chi connectivity index (χ1n) is 7.46. The molecular weight excluding hydrogens is 334 g/mol. The molecule has 0 amide bonds. The molecule has 0 aliphatic carbocycles. The maximum atomic E-state index is 12.0. The third-order valence-corrected chi connectivity index (χ3v) is 3.47. The molecule has 0 saturated heterocycles. The molecule has 6 nitrogen and oxygen atoms in total. The van der Waals surface area contributed by atoms with Crippen LogP contribution in [-0.4, -0.2) is 39.0 Å². The van der Waals surface area contributed by atoms with Crippen molar-refractivity contribution in [1.29, 1.82) is 5.26 Å². The molecule has 0 spiro atoms. The number of ether oxygens (including phenoxy) is 4.